The van der Waals surface area contributed by atoms with Crippen molar-refractivity contribution in [2.75, 3.05) is 36.9 Å². The Labute approximate surface area is 125 Å². The summed E-state index contributed by atoms with van der Waals surface area (Å²) in [5.74, 6) is 2.12. The van der Waals surface area contributed by atoms with E-state index >= 15 is 0 Å². The van der Waals surface area contributed by atoms with Crippen LogP contribution in [0.1, 0.15) is 43.7 Å². The molecular formula is C15H24N4O2. The van der Waals surface area contributed by atoms with E-state index < -0.39 is 0 Å². The molecule has 1 aromatic rings. The highest BCUT2D eigenvalue weighted by atomic mass is 16.5. The van der Waals surface area contributed by atoms with E-state index in [0.29, 0.717) is 30.9 Å². The first-order valence-corrected chi connectivity index (χ1v) is 7.94. The molecule has 3 N–H and O–H groups in total. The monoisotopic (exact) mass is 292 g/mol. The Morgan fingerprint density at radius 1 is 1.24 bits per heavy atom. The fraction of sp³-hybridized carbons (Fsp3) is 0.733. The van der Waals surface area contributed by atoms with Gasteiger partial charge in [0.1, 0.15) is 5.82 Å². The van der Waals surface area contributed by atoms with Crippen molar-refractivity contribution in [3.05, 3.63) is 11.8 Å². The minimum absolute atomic E-state index is 0.180. The van der Waals surface area contributed by atoms with Crippen molar-refractivity contribution < 1.29 is 9.84 Å². The van der Waals surface area contributed by atoms with Crippen LogP contribution >= 0.6 is 0 Å². The van der Waals surface area contributed by atoms with Gasteiger partial charge in [0.2, 0.25) is 5.95 Å². The van der Waals surface area contributed by atoms with Gasteiger partial charge < -0.3 is 20.5 Å². The molecule has 116 valence electrons. The molecule has 0 unspecified atom stereocenters. The van der Waals surface area contributed by atoms with E-state index in [0.717, 1.165) is 37.5 Å². The van der Waals surface area contributed by atoms with Crippen LogP contribution in [0.5, 0.6) is 0 Å². The number of anilines is 2. The van der Waals surface area contributed by atoms with E-state index in [1.165, 1.54) is 12.8 Å². The standard InChI is InChI=1S/C15H24N4O2/c20-7-2-6-16-15-18-13(11-4-5-11)9-14(19-15)17-10-12-3-1-8-21-12/h9,11-12,20H,1-8,10H2,(H2,16,17,18,19)/t12-/m1/s1. The van der Waals surface area contributed by atoms with Gasteiger partial charge in [-0.3, -0.25) is 0 Å². The summed E-state index contributed by atoms with van der Waals surface area (Å²) in [4.78, 5) is 9.08. The lowest BCUT2D eigenvalue weighted by Gasteiger charge is -2.13. The predicted octanol–water partition coefficient (Wildman–Crippen LogP) is 1.74. The number of rotatable bonds is 8. The smallest absolute Gasteiger partial charge is 0.224 e. The van der Waals surface area contributed by atoms with Crippen LogP contribution in [0.3, 0.4) is 0 Å². The van der Waals surface area contributed by atoms with Gasteiger partial charge in [-0.1, -0.05) is 0 Å². The Kier molecular flexibility index (Phi) is 4.87. The normalized spacial score (nSPS) is 21.5. The van der Waals surface area contributed by atoms with Crippen LogP contribution < -0.4 is 10.6 Å². The molecule has 6 heteroatoms. The summed E-state index contributed by atoms with van der Waals surface area (Å²) in [5, 5.41) is 15.4. The van der Waals surface area contributed by atoms with Crippen LogP contribution in [0.2, 0.25) is 0 Å². The molecule has 0 amide bonds. The van der Waals surface area contributed by atoms with E-state index in [1.807, 2.05) is 0 Å². The molecule has 2 heterocycles. The maximum Gasteiger partial charge on any atom is 0.224 e. The van der Waals surface area contributed by atoms with Crippen LogP contribution in [0.15, 0.2) is 6.07 Å². The molecule has 1 aromatic heterocycles. The molecule has 0 spiro atoms. The average Bonchev–Trinajstić information content (AvgIpc) is 3.22. The number of aliphatic hydroxyl groups is 1. The molecule has 1 saturated carbocycles. The zero-order valence-electron chi connectivity index (χ0n) is 12.3. The molecule has 0 bridgehead atoms. The predicted molar refractivity (Wildman–Crippen MR) is 81.7 cm³/mol. The average molecular weight is 292 g/mol. The number of nitrogens with zero attached hydrogens (tertiary/aromatic N) is 2. The second kappa shape index (κ2) is 7.04. The van der Waals surface area contributed by atoms with Crippen molar-refractivity contribution >= 4 is 11.8 Å². The lowest BCUT2D eigenvalue weighted by molar-refractivity contribution is 0.120. The molecule has 3 rings (SSSR count). The number of nitrogens with one attached hydrogen (secondary N) is 2. The highest BCUT2D eigenvalue weighted by molar-refractivity contribution is 5.44. The molecule has 0 aromatic carbocycles. The first-order chi connectivity index (χ1) is 10.3. The Balaban J connectivity index is 1.62. The SMILES string of the molecule is OCCCNc1nc(NC[C@H]2CCCO2)cc(C2CC2)n1. The summed E-state index contributed by atoms with van der Waals surface area (Å²) in [6.07, 6.45) is 5.72. The Hall–Kier alpha value is -1.40. The van der Waals surface area contributed by atoms with Gasteiger partial charge >= 0.3 is 0 Å². The first-order valence-electron chi connectivity index (χ1n) is 7.94. The first kappa shape index (κ1) is 14.5. The second-order valence-corrected chi connectivity index (χ2v) is 5.80. The Bertz CT molecular complexity index is 459. The summed E-state index contributed by atoms with van der Waals surface area (Å²) in [6, 6.07) is 2.06. The lowest BCUT2D eigenvalue weighted by atomic mass is 10.2. The third-order valence-electron chi connectivity index (χ3n) is 3.89. The Morgan fingerprint density at radius 3 is 2.86 bits per heavy atom. The fourth-order valence-electron chi connectivity index (χ4n) is 2.53. The van der Waals surface area contributed by atoms with Gasteiger partial charge in [-0.15, -0.1) is 0 Å². The van der Waals surface area contributed by atoms with E-state index in [1.54, 1.807) is 0 Å². The molecule has 1 aliphatic carbocycles. The van der Waals surface area contributed by atoms with Crippen molar-refractivity contribution in [1.82, 2.24) is 9.97 Å². The van der Waals surface area contributed by atoms with Crippen LogP contribution in [-0.2, 0) is 4.74 Å². The second-order valence-electron chi connectivity index (χ2n) is 5.80. The minimum atomic E-state index is 0.180. The van der Waals surface area contributed by atoms with Crippen LogP contribution in [0.25, 0.3) is 0 Å². The van der Waals surface area contributed by atoms with E-state index in [2.05, 4.69) is 26.7 Å². The maximum atomic E-state index is 8.85. The number of hydrogen-bond donors (Lipinski definition) is 3. The minimum Gasteiger partial charge on any atom is -0.396 e. The summed E-state index contributed by atoms with van der Waals surface area (Å²) < 4.78 is 5.63. The van der Waals surface area contributed by atoms with Gasteiger partial charge in [0.15, 0.2) is 0 Å². The van der Waals surface area contributed by atoms with Crippen molar-refractivity contribution in [2.24, 2.45) is 0 Å². The van der Waals surface area contributed by atoms with Gasteiger partial charge in [0.05, 0.1) is 11.8 Å². The molecule has 21 heavy (non-hydrogen) atoms. The van der Waals surface area contributed by atoms with Gasteiger partial charge in [0, 0.05) is 38.3 Å². The molecule has 1 atom stereocenters. The highest BCUT2D eigenvalue weighted by Crippen LogP contribution is 2.39. The molecule has 1 aliphatic heterocycles. The van der Waals surface area contributed by atoms with Crippen molar-refractivity contribution in [3.8, 4) is 0 Å². The molecule has 1 saturated heterocycles. The van der Waals surface area contributed by atoms with Crippen LogP contribution in [-0.4, -0.2) is 47.5 Å². The summed E-state index contributed by atoms with van der Waals surface area (Å²) in [5.41, 5.74) is 1.12. The van der Waals surface area contributed by atoms with Gasteiger partial charge in [-0.2, -0.15) is 4.98 Å². The van der Waals surface area contributed by atoms with Crippen molar-refractivity contribution in [2.45, 2.75) is 44.1 Å². The van der Waals surface area contributed by atoms with Gasteiger partial charge in [-0.05, 0) is 32.1 Å². The number of aliphatic hydroxyl groups excluding tert-OH is 1. The zero-order chi connectivity index (χ0) is 14.5. The van der Waals surface area contributed by atoms with Crippen molar-refractivity contribution in [1.29, 1.82) is 0 Å². The van der Waals surface area contributed by atoms with Gasteiger partial charge in [0.25, 0.3) is 0 Å². The van der Waals surface area contributed by atoms with E-state index in [-0.39, 0.29) is 6.61 Å². The fourth-order valence-corrected chi connectivity index (χ4v) is 2.53. The van der Waals surface area contributed by atoms with Crippen LogP contribution in [0.4, 0.5) is 11.8 Å². The third kappa shape index (κ3) is 4.28. The number of aromatic nitrogens is 2. The molecule has 0 radical (unpaired) electrons. The summed E-state index contributed by atoms with van der Waals surface area (Å²) >= 11 is 0. The largest absolute Gasteiger partial charge is 0.396 e. The third-order valence-corrected chi connectivity index (χ3v) is 3.89. The summed E-state index contributed by atoms with van der Waals surface area (Å²) in [7, 11) is 0. The topological polar surface area (TPSA) is 79.3 Å². The van der Waals surface area contributed by atoms with Crippen LogP contribution in [0, 0.1) is 0 Å². The van der Waals surface area contributed by atoms with E-state index in [4.69, 9.17) is 9.84 Å². The number of ether oxygens (including phenoxy) is 1. The molecule has 2 fully saturated rings. The quantitative estimate of drug-likeness (QED) is 0.633. The lowest BCUT2D eigenvalue weighted by Crippen LogP contribution is -2.19. The van der Waals surface area contributed by atoms with Crippen molar-refractivity contribution in [3.63, 3.8) is 0 Å². The Morgan fingerprint density at radius 2 is 2.14 bits per heavy atom. The molecular weight excluding hydrogens is 268 g/mol. The van der Waals surface area contributed by atoms with Gasteiger partial charge in [-0.25, -0.2) is 4.98 Å². The zero-order valence-corrected chi connectivity index (χ0v) is 12.3. The molecule has 2 aliphatic rings. The van der Waals surface area contributed by atoms with E-state index in [9.17, 15) is 0 Å². The number of hydrogen-bond acceptors (Lipinski definition) is 6. The highest BCUT2D eigenvalue weighted by Gasteiger charge is 2.26. The molecule has 6 nitrogen and oxygen atoms in total. The maximum absolute atomic E-state index is 8.85. The summed E-state index contributed by atoms with van der Waals surface area (Å²) in [6.45, 7) is 2.55.